The lowest BCUT2D eigenvalue weighted by atomic mass is 10.1. The van der Waals surface area contributed by atoms with Gasteiger partial charge in [-0.2, -0.15) is 0 Å². The predicted molar refractivity (Wildman–Crippen MR) is 61.6 cm³/mol. The molecule has 6 nitrogen and oxygen atoms in total. The largest absolute Gasteiger partial charge is 0.368 e. The third kappa shape index (κ3) is 4.51. The van der Waals surface area contributed by atoms with Crippen molar-refractivity contribution in [2.24, 2.45) is 10.8 Å². The van der Waals surface area contributed by atoms with Crippen molar-refractivity contribution in [3.05, 3.63) is 10.4 Å². The van der Waals surface area contributed by atoms with Gasteiger partial charge in [0.15, 0.2) is 0 Å². The Labute approximate surface area is 95.2 Å². The van der Waals surface area contributed by atoms with Crippen molar-refractivity contribution in [1.29, 1.82) is 0 Å². The summed E-state index contributed by atoms with van der Waals surface area (Å²) in [6, 6.07) is -0.201. The van der Waals surface area contributed by atoms with Gasteiger partial charge in [-0.25, -0.2) is 0 Å². The molecule has 3 N–H and O–H groups in total. The van der Waals surface area contributed by atoms with Gasteiger partial charge in [0.1, 0.15) is 0 Å². The minimum absolute atomic E-state index is 0.0995. The Morgan fingerprint density at radius 3 is 2.56 bits per heavy atom. The first-order valence-corrected chi connectivity index (χ1v) is 5.80. The average molecular weight is 225 g/mol. The molecule has 1 aliphatic rings. The van der Waals surface area contributed by atoms with E-state index < -0.39 is 11.9 Å². The smallest absolute Gasteiger partial charge is 0.234 e. The topological polar surface area (TPSA) is 104 Å². The molecular formula is C10H19N5O. The highest BCUT2D eigenvalue weighted by atomic mass is 16.1. The number of carbonyl (C=O) groups excluding carboxylic acids is 1. The summed E-state index contributed by atoms with van der Waals surface area (Å²) in [6.07, 6.45) is 7.03. The molecule has 0 aliphatic heterocycles. The van der Waals surface area contributed by atoms with Crippen molar-refractivity contribution in [2.75, 3.05) is 6.54 Å². The van der Waals surface area contributed by atoms with Crippen LogP contribution in [0.3, 0.4) is 0 Å². The Morgan fingerprint density at radius 1 is 1.44 bits per heavy atom. The van der Waals surface area contributed by atoms with Crippen LogP contribution in [-0.4, -0.2) is 24.5 Å². The van der Waals surface area contributed by atoms with Crippen LogP contribution in [-0.2, 0) is 4.79 Å². The molecule has 1 fully saturated rings. The van der Waals surface area contributed by atoms with Crippen molar-refractivity contribution in [1.82, 2.24) is 5.32 Å². The predicted octanol–water partition coefficient (Wildman–Crippen LogP) is 1.46. The molecule has 0 aromatic heterocycles. The van der Waals surface area contributed by atoms with Crippen molar-refractivity contribution in [3.8, 4) is 0 Å². The molecule has 0 spiro atoms. The van der Waals surface area contributed by atoms with E-state index >= 15 is 0 Å². The van der Waals surface area contributed by atoms with E-state index in [4.69, 9.17) is 11.3 Å². The summed E-state index contributed by atoms with van der Waals surface area (Å²) in [5, 5.41) is 6.59. The zero-order valence-corrected chi connectivity index (χ0v) is 9.43. The molecule has 1 aliphatic carbocycles. The fourth-order valence-corrected chi connectivity index (χ4v) is 2.07. The molecule has 1 unspecified atom stereocenters. The number of azide groups is 1. The molecule has 6 heteroatoms. The van der Waals surface area contributed by atoms with Gasteiger partial charge in [0.2, 0.25) is 5.91 Å². The van der Waals surface area contributed by atoms with Crippen molar-refractivity contribution in [2.45, 2.75) is 50.6 Å². The third-order valence-electron chi connectivity index (χ3n) is 2.96. The van der Waals surface area contributed by atoms with Crippen LogP contribution in [0.2, 0.25) is 0 Å². The zero-order chi connectivity index (χ0) is 11.8. The highest BCUT2D eigenvalue weighted by Crippen LogP contribution is 2.17. The van der Waals surface area contributed by atoms with Crippen LogP contribution in [0.25, 0.3) is 10.4 Å². The van der Waals surface area contributed by atoms with E-state index in [0.29, 0.717) is 6.04 Å². The van der Waals surface area contributed by atoms with Gasteiger partial charge >= 0.3 is 0 Å². The highest BCUT2D eigenvalue weighted by molar-refractivity contribution is 5.80. The second-order valence-electron chi connectivity index (χ2n) is 4.22. The normalized spacial score (nSPS) is 19.5. The van der Waals surface area contributed by atoms with Crippen molar-refractivity contribution < 1.29 is 4.79 Å². The molecule has 1 atom stereocenters. The molecule has 0 bridgehead atoms. The van der Waals surface area contributed by atoms with E-state index in [0.717, 1.165) is 12.8 Å². The highest BCUT2D eigenvalue weighted by Gasteiger charge is 2.20. The van der Waals surface area contributed by atoms with Gasteiger partial charge in [0, 0.05) is 11.0 Å². The fraction of sp³-hybridized carbons (Fsp3) is 0.900. The van der Waals surface area contributed by atoms with Crippen LogP contribution in [0.5, 0.6) is 0 Å². The lowest BCUT2D eigenvalue weighted by Gasteiger charge is -2.21. The molecule has 90 valence electrons. The Balaban J connectivity index is 2.45. The number of rotatable bonds is 5. The molecule has 0 radical (unpaired) electrons. The summed E-state index contributed by atoms with van der Waals surface area (Å²) in [5.41, 5.74) is 13.5. The Morgan fingerprint density at radius 2 is 2.06 bits per heavy atom. The molecular weight excluding hydrogens is 206 g/mol. The number of carbonyl (C=O) groups is 1. The molecule has 1 saturated carbocycles. The average Bonchev–Trinajstić information content (AvgIpc) is 2.52. The van der Waals surface area contributed by atoms with E-state index in [1.807, 2.05) is 0 Å². The maximum Gasteiger partial charge on any atom is 0.234 e. The first kappa shape index (κ1) is 12.8. The summed E-state index contributed by atoms with van der Waals surface area (Å²) < 4.78 is 0. The number of primary amides is 1. The zero-order valence-electron chi connectivity index (χ0n) is 9.43. The molecule has 16 heavy (non-hydrogen) atoms. The SMILES string of the molecule is [N-]=[N+]=NCC(NC1CCCCCC1)C(N)=O. The van der Waals surface area contributed by atoms with E-state index in [1.54, 1.807) is 0 Å². The molecule has 0 aromatic rings. The van der Waals surface area contributed by atoms with Gasteiger partial charge in [-0.15, -0.1) is 0 Å². The number of amides is 1. The fourth-order valence-electron chi connectivity index (χ4n) is 2.07. The number of nitrogens with two attached hydrogens (primary N) is 1. The number of nitrogens with one attached hydrogen (secondary N) is 1. The van der Waals surface area contributed by atoms with Gasteiger partial charge in [-0.3, -0.25) is 4.79 Å². The molecule has 0 aromatic carbocycles. The summed E-state index contributed by atoms with van der Waals surface area (Å²) in [4.78, 5) is 13.8. The second kappa shape index (κ2) is 7.09. The van der Waals surface area contributed by atoms with Crippen LogP contribution in [0.15, 0.2) is 5.11 Å². The third-order valence-corrected chi connectivity index (χ3v) is 2.96. The standard InChI is InChI=1S/C10H19N5O/c11-10(16)9(7-13-15-12)14-8-5-3-1-2-4-6-8/h8-9,14H,1-7H2,(H2,11,16). The van der Waals surface area contributed by atoms with E-state index in [1.165, 1.54) is 25.7 Å². The van der Waals surface area contributed by atoms with Crippen LogP contribution in [0, 0.1) is 0 Å². The van der Waals surface area contributed by atoms with Gasteiger partial charge in [-0.1, -0.05) is 30.8 Å². The summed E-state index contributed by atoms with van der Waals surface area (Å²) in [7, 11) is 0. The van der Waals surface area contributed by atoms with E-state index in [9.17, 15) is 4.79 Å². The molecule has 1 rings (SSSR count). The maximum absolute atomic E-state index is 11.1. The minimum atomic E-state index is -0.529. The summed E-state index contributed by atoms with van der Waals surface area (Å²) in [6.45, 7) is 0.0995. The van der Waals surface area contributed by atoms with Gasteiger partial charge in [-0.05, 0) is 18.4 Å². The van der Waals surface area contributed by atoms with Crippen molar-refractivity contribution >= 4 is 5.91 Å². The Hall–Kier alpha value is -1.26. The number of nitrogens with zero attached hydrogens (tertiary/aromatic N) is 3. The Bertz CT molecular complexity index is 266. The van der Waals surface area contributed by atoms with Crippen LogP contribution in [0.4, 0.5) is 0 Å². The van der Waals surface area contributed by atoms with Crippen molar-refractivity contribution in [3.63, 3.8) is 0 Å². The maximum atomic E-state index is 11.1. The van der Waals surface area contributed by atoms with E-state index in [-0.39, 0.29) is 6.54 Å². The van der Waals surface area contributed by atoms with Gasteiger partial charge in [0.25, 0.3) is 0 Å². The molecule has 0 saturated heterocycles. The molecule has 0 heterocycles. The van der Waals surface area contributed by atoms with Crippen LogP contribution < -0.4 is 11.1 Å². The lowest BCUT2D eigenvalue weighted by molar-refractivity contribution is -0.120. The van der Waals surface area contributed by atoms with Crippen LogP contribution >= 0.6 is 0 Å². The molecule has 1 amide bonds. The number of hydrogen-bond acceptors (Lipinski definition) is 3. The first-order valence-electron chi connectivity index (χ1n) is 5.80. The van der Waals surface area contributed by atoms with Crippen LogP contribution in [0.1, 0.15) is 38.5 Å². The van der Waals surface area contributed by atoms with Gasteiger partial charge in [0.05, 0.1) is 12.6 Å². The van der Waals surface area contributed by atoms with E-state index in [2.05, 4.69) is 15.3 Å². The second-order valence-corrected chi connectivity index (χ2v) is 4.22. The minimum Gasteiger partial charge on any atom is -0.368 e. The number of hydrogen-bond donors (Lipinski definition) is 2. The monoisotopic (exact) mass is 225 g/mol. The van der Waals surface area contributed by atoms with Gasteiger partial charge < -0.3 is 11.1 Å². The quantitative estimate of drug-likeness (QED) is 0.320. The summed E-state index contributed by atoms with van der Waals surface area (Å²) in [5.74, 6) is -0.448. The Kier molecular flexibility index (Phi) is 5.67. The lowest BCUT2D eigenvalue weighted by Crippen LogP contribution is -2.48. The first-order chi connectivity index (χ1) is 7.74. The summed E-state index contributed by atoms with van der Waals surface area (Å²) >= 11 is 0.